The van der Waals surface area contributed by atoms with E-state index in [-0.39, 0.29) is 18.1 Å². The van der Waals surface area contributed by atoms with Gasteiger partial charge in [-0.25, -0.2) is 4.79 Å². The molecule has 0 aliphatic heterocycles. The van der Waals surface area contributed by atoms with E-state index in [9.17, 15) is 4.79 Å². The molecular formula is C14H18N2O. The standard InChI is InChI=1S/C14H18N2O/c1-3-10(2)15-14(17)16-13-8-11-6-4-5-7-12(11)9-13/h3-7,10,13H,1,8-9H2,2H3,(H2,15,16,17). The number of benzene rings is 1. The van der Waals surface area contributed by atoms with Crippen LogP contribution in [0.4, 0.5) is 4.79 Å². The first kappa shape index (κ1) is 11.7. The molecule has 0 saturated heterocycles. The number of carbonyl (C=O) groups is 1. The first-order chi connectivity index (χ1) is 8.19. The van der Waals surface area contributed by atoms with Crippen LogP contribution in [-0.2, 0) is 12.8 Å². The van der Waals surface area contributed by atoms with Gasteiger partial charge < -0.3 is 10.6 Å². The van der Waals surface area contributed by atoms with E-state index in [0.717, 1.165) is 12.8 Å². The number of rotatable bonds is 3. The summed E-state index contributed by atoms with van der Waals surface area (Å²) in [6.45, 7) is 5.53. The summed E-state index contributed by atoms with van der Waals surface area (Å²) in [6, 6.07) is 8.43. The molecule has 1 aromatic carbocycles. The summed E-state index contributed by atoms with van der Waals surface area (Å²) in [4.78, 5) is 11.6. The zero-order valence-electron chi connectivity index (χ0n) is 10.1. The SMILES string of the molecule is C=CC(C)NC(=O)NC1Cc2ccccc2C1. The lowest BCUT2D eigenvalue weighted by Crippen LogP contribution is -2.45. The molecule has 0 spiro atoms. The highest BCUT2D eigenvalue weighted by atomic mass is 16.2. The summed E-state index contributed by atoms with van der Waals surface area (Å²) in [5.74, 6) is 0. The number of fused-ring (bicyclic) bond motifs is 1. The number of hydrogen-bond acceptors (Lipinski definition) is 1. The first-order valence-corrected chi connectivity index (χ1v) is 5.95. The van der Waals surface area contributed by atoms with E-state index in [1.165, 1.54) is 11.1 Å². The second kappa shape index (κ2) is 5.04. The van der Waals surface area contributed by atoms with Crippen molar-refractivity contribution in [3.63, 3.8) is 0 Å². The third-order valence-corrected chi connectivity index (χ3v) is 3.10. The van der Waals surface area contributed by atoms with Crippen molar-refractivity contribution in [2.75, 3.05) is 0 Å². The second-order valence-corrected chi connectivity index (χ2v) is 4.52. The van der Waals surface area contributed by atoms with E-state index in [0.29, 0.717) is 0 Å². The third kappa shape index (κ3) is 2.87. The molecule has 1 unspecified atom stereocenters. The Morgan fingerprint density at radius 1 is 1.41 bits per heavy atom. The van der Waals surface area contributed by atoms with Gasteiger partial charge in [-0.15, -0.1) is 6.58 Å². The minimum absolute atomic E-state index is 0.00113. The Balaban J connectivity index is 1.87. The minimum Gasteiger partial charge on any atom is -0.335 e. The monoisotopic (exact) mass is 230 g/mol. The number of urea groups is 1. The highest BCUT2D eigenvalue weighted by molar-refractivity contribution is 5.75. The molecule has 0 saturated carbocycles. The molecule has 1 aliphatic carbocycles. The maximum absolute atomic E-state index is 11.6. The van der Waals surface area contributed by atoms with Crippen LogP contribution in [0.15, 0.2) is 36.9 Å². The molecule has 90 valence electrons. The van der Waals surface area contributed by atoms with Crippen LogP contribution in [0.5, 0.6) is 0 Å². The van der Waals surface area contributed by atoms with Gasteiger partial charge in [0.15, 0.2) is 0 Å². The lowest BCUT2D eigenvalue weighted by Gasteiger charge is -2.15. The molecule has 0 bridgehead atoms. The molecule has 2 N–H and O–H groups in total. The van der Waals surface area contributed by atoms with Crippen LogP contribution in [0.2, 0.25) is 0 Å². The van der Waals surface area contributed by atoms with E-state index in [2.05, 4.69) is 29.3 Å². The van der Waals surface area contributed by atoms with Crippen LogP contribution in [0.3, 0.4) is 0 Å². The number of hydrogen-bond donors (Lipinski definition) is 2. The molecule has 0 aromatic heterocycles. The molecular weight excluding hydrogens is 212 g/mol. The molecule has 3 nitrogen and oxygen atoms in total. The van der Waals surface area contributed by atoms with E-state index in [4.69, 9.17) is 0 Å². The quantitative estimate of drug-likeness (QED) is 0.766. The number of nitrogens with one attached hydrogen (secondary N) is 2. The summed E-state index contributed by atoms with van der Waals surface area (Å²) >= 11 is 0. The number of amides is 2. The van der Waals surface area contributed by atoms with Gasteiger partial charge in [-0.2, -0.15) is 0 Å². The molecule has 0 heterocycles. The van der Waals surface area contributed by atoms with Crippen LogP contribution in [-0.4, -0.2) is 18.1 Å². The van der Waals surface area contributed by atoms with Gasteiger partial charge in [-0.3, -0.25) is 0 Å². The van der Waals surface area contributed by atoms with E-state index in [1.807, 2.05) is 19.1 Å². The van der Waals surface area contributed by atoms with E-state index in [1.54, 1.807) is 6.08 Å². The van der Waals surface area contributed by atoms with Crippen molar-refractivity contribution in [2.45, 2.75) is 31.8 Å². The van der Waals surface area contributed by atoms with Gasteiger partial charge in [-0.1, -0.05) is 30.3 Å². The highest BCUT2D eigenvalue weighted by Gasteiger charge is 2.22. The Bertz CT molecular complexity index is 403. The molecule has 17 heavy (non-hydrogen) atoms. The van der Waals surface area contributed by atoms with Crippen molar-refractivity contribution in [2.24, 2.45) is 0 Å². The molecule has 2 rings (SSSR count). The third-order valence-electron chi connectivity index (χ3n) is 3.10. The number of carbonyl (C=O) groups excluding carboxylic acids is 1. The molecule has 0 fully saturated rings. The predicted molar refractivity (Wildman–Crippen MR) is 69.0 cm³/mol. The van der Waals surface area contributed by atoms with Crippen molar-refractivity contribution in [3.05, 3.63) is 48.0 Å². The summed E-state index contributed by atoms with van der Waals surface area (Å²) in [7, 11) is 0. The summed E-state index contributed by atoms with van der Waals surface area (Å²) in [5.41, 5.74) is 2.68. The second-order valence-electron chi connectivity index (χ2n) is 4.52. The average Bonchev–Trinajstić information content (AvgIpc) is 2.70. The smallest absolute Gasteiger partial charge is 0.315 e. The Labute approximate surface area is 102 Å². The summed E-state index contributed by atoms with van der Waals surface area (Å²) in [6.07, 6.45) is 3.56. The summed E-state index contributed by atoms with van der Waals surface area (Å²) in [5, 5.41) is 5.81. The fourth-order valence-corrected chi connectivity index (χ4v) is 2.15. The van der Waals surface area contributed by atoms with Crippen LogP contribution < -0.4 is 10.6 Å². The van der Waals surface area contributed by atoms with Crippen LogP contribution in [0, 0.1) is 0 Å². The van der Waals surface area contributed by atoms with Crippen molar-refractivity contribution in [1.29, 1.82) is 0 Å². The van der Waals surface area contributed by atoms with Crippen LogP contribution in [0.1, 0.15) is 18.1 Å². The van der Waals surface area contributed by atoms with Gasteiger partial charge >= 0.3 is 6.03 Å². The van der Waals surface area contributed by atoms with Gasteiger partial charge in [0.2, 0.25) is 0 Å². The van der Waals surface area contributed by atoms with Gasteiger partial charge in [0.25, 0.3) is 0 Å². The van der Waals surface area contributed by atoms with Crippen molar-refractivity contribution in [1.82, 2.24) is 10.6 Å². The lowest BCUT2D eigenvalue weighted by atomic mass is 10.1. The molecule has 1 aromatic rings. The fraction of sp³-hybridized carbons (Fsp3) is 0.357. The molecule has 3 heteroatoms. The van der Waals surface area contributed by atoms with Crippen molar-refractivity contribution < 1.29 is 4.79 Å². The molecule has 0 radical (unpaired) electrons. The van der Waals surface area contributed by atoms with Crippen LogP contribution in [0.25, 0.3) is 0 Å². The average molecular weight is 230 g/mol. The normalized spacial score (nSPS) is 16.1. The van der Waals surface area contributed by atoms with Gasteiger partial charge in [0.05, 0.1) is 0 Å². The highest BCUT2D eigenvalue weighted by Crippen LogP contribution is 2.21. The zero-order chi connectivity index (χ0) is 12.3. The Morgan fingerprint density at radius 3 is 2.53 bits per heavy atom. The Hall–Kier alpha value is -1.77. The zero-order valence-corrected chi connectivity index (χ0v) is 10.1. The molecule has 2 amide bonds. The van der Waals surface area contributed by atoms with E-state index >= 15 is 0 Å². The summed E-state index contributed by atoms with van der Waals surface area (Å²) < 4.78 is 0. The topological polar surface area (TPSA) is 41.1 Å². The molecule has 1 atom stereocenters. The molecule has 1 aliphatic rings. The maximum Gasteiger partial charge on any atom is 0.315 e. The lowest BCUT2D eigenvalue weighted by molar-refractivity contribution is 0.236. The Morgan fingerprint density at radius 2 is 2.00 bits per heavy atom. The van der Waals surface area contributed by atoms with Gasteiger partial charge in [0.1, 0.15) is 0 Å². The van der Waals surface area contributed by atoms with Crippen molar-refractivity contribution >= 4 is 6.03 Å². The Kier molecular flexibility index (Phi) is 3.47. The van der Waals surface area contributed by atoms with Gasteiger partial charge in [0, 0.05) is 12.1 Å². The van der Waals surface area contributed by atoms with Gasteiger partial charge in [-0.05, 0) is 30.9 Å². The fourth-order valence-electron chi connectivity index (χ4n) is 2.15. The van der Waals surface area contributed by atoms with Crippen LogP contribution >= 0.6 is 0 Å². The van der Waals surface area contributed by atoms with E-state index < -0.39 is 0 Å². The first-order valence-electron chi connectivity index (χ1n) is 5.95. The maximum atomic E-state index is 11.6. The predicted octanol–water partition coefficient (Wildman–Crippen LogP) is 2.03. The van der Waals surface area contributed by atoms with Crippen molar-refractivity contribution in [3.8, 4) is 0 Å². The minimum atomic E-state index is -0.116. The largest absolute Gasteiger partial charge is 0.335 e.